The van der Waals surface area contributed by atoms with Gasteiger partial charge in [0, 0.05) is 97.5 Å². The number of nitrogens with two attached hydrogens (primary N) is 3. The molecule has 0 radical (unpaired) electrons. The van der Waals surface area contributed by atoms with Crippen molar-refractivity contribution >= 4 is 17.7 Å². The van der Waals surface area contributed by atoms with Gasteiger partial charge in [0.1, 0.15) is 0 Å². The number of hydrogen-bond acceptors (Lipinski definition) is 8. The van der Waals surface area contributed by atoms with Gasteiger partial charge in [0.2, 0.25) is 5.91 Å². The molecule has 0 aliphatic rings. The summed E-state index contributed by atoms with van der Waals surface area (Å²) in [7, 11) is 0. The van der Waals surface area contributed by atoms with Crippen LogP contribution in [-0.4, -0.2) is 112 Å². The van der Waals surface area contributed by atoms with Crippen LogP contribution in [0.15, 0.2) is 0 Å². The summed E-state index contributed by atoms with van der Waals surface area (Å²) in [5, 5.41) is 6.41. The Bertz CT molecular complexity index is 444. The monoisotopic (exact) mass is 478 g/mol. The van der Waals surface area contributed by atoms with Crippen molar-refractivity contribution in [3.05, 3.63) is 0 Å². The Balaban J connectivity index is 4.28. The molecule has 0 aliphatic carbocycles. The minimum Gasteiger partial charge on any atom is -0.355 e. The number of halogens is 1. The Morgan fingerprint density at radius 2 is 1.38 bits per heavy atom. The van der Waals surface area contributed by atoms with E-state index >= 15 is 0 Å². The molecule has 8 N–H and O–H groups in total. The zero-order chi connectivity index (χ0) is 24.2. The molecule has 192 valence electrons. The van der Waals surface area contributed by atoms with Gasteiger partial charge >= 0.3 is 0 Å². The van der Waals surface area contributed by atoms with Crippen LogP contribution in [0.1, 0.15) is 33.6 Å². The Morgan fingerprint density at radius 3 is 1.84 bits per heavy atom. The number of carbonyl (C=O) groups is 1. The van der Waals surface area contributed by atoms with E-state index in [1.54, 1.807) is 0 Å². The third-order valence-corrected chi connectivity index (χ3v) is 5.82. The molecule has 0 aromatic rings. The molecule has 0 rings (SSSR count). The number of rotatable bonds is 22. The van der Waals surface area contributed by atoms with Crippen LogP contribution in [0.2, 0.25) is 0 Å². The van der Waals surface area contributed by atoms with Crippen LogP contribution >= 0.6 is 11.8 Å². The van der Waals surface area contributed by atoms with Gasteiger partial charge in [-0.3, -0.25) is 14.6 Å². The summed E-state index contributed by atoms with van der Waals surface area (Å²) >= 11 is 6.46. The van der Waals surface area contributed by atoms with Crippen molar-refractivity contribution < 1.29 is 4.79 Å². The minimum absolute atomic E-state index is 0.0956. The van der Waals surface area contributed by atoms with Crippen molar-refractivity contribution in [3.63, 3.8) is 0 Å². The number of nitrogens with one attached hydrogen (secondary N) is 2. The molecule has 0 fully saturated rings. The number of nitrogens with zero attached hydrogens (tertiary/aromatic N) is 3. The van der Waals surface area contributed by atoms with Gasteiger partial charge in [-0.05, 0) is 30.5 Å². The first kappa shape index (κ1) is 31.5. The first-order valence-electron chi connectivity index (χ1n) is 12.3. The molecule has 1 amide bonds. The maximum absolute atomic E-state index is 12.4. The van der Waals surface area contributed by atoms with Crippen molar-refractivity contribution in [3.8, 4) is 0 Å². The van der Waals surface area contributed by atoms with Gasteiger partial charge in [-0.2, -0.15) is 0 Å². The molecule has 9 nitrogen and oxygen atoms in total. The van der Waals surface area contributed by atoms with E-state index in [-0.39, 0.29) is 11.8 Å². The van der Waals surface area contributed by atoms with Gasteiger partial charge in [-0.15, -0.1) is 0 Å². The van der Waals surface area contributed by atoms with E-state index in [4.69, 9.17) is 29.0 Å². The summed E-state index contributed by atoms with van der Waals surface area (Å²) in [6.45, 7) is 17.1. The first-order valence-corrected chi connectivity index (χ1v) is 12.7. The molecular weight excluding hydrogens is 428 g/mol. The highest BCUT2D eigenvalue weighted by atomic mass is 35.5. The fourth-order valence-corrected chi connectivity index (χ4v) is 3.77. The van der Waals surface area contributed by atoms with Gasteiger partial charge < -0.3 is 27.8 Å². The minimum atomic E-state index is 0.0956. The van der Waals surface area contributed by atoms with Crippen LogP contribution in [0.3, 0.4) is 0 Å². The van der Waals surface area contributed by atoms with Crippen LogP contribution < -0.4 is 27.8 Å². The Kier molecular flexibility index (Phi) is 20.7. The molecule has 0 saturated heterocycles. The van der Waals surface area contributed by atoms with Crippen molar-refractivity contribution in [2.45, 2.75) is 33.6 Å². The molecule has 1 atom stereocenters. The maximum atomic E-state index is 12.4. The number of carbonyl (C=O) groups excluding carboxylic acids is 1. The molecule has 0 bridgehead atoms. The highest BCUT2D eigenvalue weighted by Gasteiger charge is 2.17. The SMILES string of the molecule is CCC(CC(C)C)C(=O)NCCN(CCN)CCN(Cl)CCN(CCN)CCNCCN. The molecule has 0 aromatic heterocycles. The summed E-state index contributed by atoms with van der Waals surface area (Å²) in [6, 6.07) is 0. The molecule has 1 unspecified atom stereocenters. The topological polar surface area (TPSA) is 129 Å². The van der Waals surface area contributed by atoms with Gasteiger partial charge in [0.25, 0.3) is 0 Å². The van der Waals surface area contributed by atoms with Crippen molar-refractivity contribution in [2.75, 3.05) is 91.6 Å². The molecule has 0 spiro atoms. The summed E-state index contributed by atoms with van der Waals surface area (Å²) in [4.78, 5) is 17.0. The molecule has 0 aromatic carbocycles. The second kappa shape index (κ2) is 21.0. The molecule has 0 heterocycles. The third-order valence-electron chi connectivity index (χ3n) is 5.48. The molecule has 32 heavy (non-hydrogen) atoms. The third kappa shape index (κ3) is 17.0. The summed E-state index contributed by atoms with van der Waals surface area (Å²) < 4.78 is 1.83. The smallest absolute Gasteiger partial charge is 0.223 e. The van der Waals surface area contributed by atoms with Crippen LogP contribution in [0.4, 0.5) is 0 Å². The zero-order valence-corrected chi connectivity index (χ0v) is 21.6. The van der Waals surface area contributed by atoms with Crippen LogP contribution in [0.5, 0.6) is 0 Å². The summed E-state index contributed by atoms with van der Waals surface area (Å²) in [5.41, 5.74) is 17.0. The van der Waals surface area contributed by atoms with Gasteiger partial charge in [-0.25, -0.2) is 4.42 Å². The Hall–Kier alpha value is -0.520. The summed E-state index contributed by atoms with van der Waals surface area (Å²) in [5.74, 6) is 0.782. The lowest BCUT2D eigenvalue weighted by Gasteiger charge is -2.27. The fourth-order valence-electron chi connectivity index (χ4n) is 3.62. The van der Waals surface area contributed by atoms with Crippen molar-refractivity contribution in [1.82, 2.24) is 24.9 Å². The quantitative estimate of drug-likeness (QED) is 0.106. The number of amides is 1. The Morgan fingerprint density at radius 1 is 0.812 bits per heavy atom. The first-order chi connectivity index (χ1) is 15.4. The standard InChI is InChI=1S/C22H51ClN8O/c1-4-21(19-20(2)3)22(32)28-10-14-30(12-7-26)16-18-31(23)17-15-29(11-6-25)13-9-27-8-5-24/h20-21,27H,4-19,24-26H2,1-3H3,(H,28,32). The van der Waals surface area contributed by atoms with Crippen LogP contribution in [0, 0.1) is 11.8 Å². The van der Waals surface area contributed by atoms with Gasteiger partial charge in [0.05, 0.1) is 0 Å². The van der Waals surface area contributed by atoms with Crippen LogP contribution in [0.25, 0.3) is 0 Å². The Labute approximate surface area is 201 Å². The second-order valence-electron chi connectivity index (χ2n) is 8.73. The van der Waals surface area contributed by atoms with Gasteiger partial charge in [-0.1, -0.05) is 20.8 Å². The zero-order valence-electron chi connectivity index (χ0n) is 20.8. The lowest BCUT2D eigenvalue weighted by atomic mass is 9.94. The van der Waals surface area contributed by atoms with E-state index in [9.17, 15) is 4.79 Å². The molecule has 0 aliphatic heterocycles. The summed E-state index contributed by atoms with van der Waals surface area (Å²) in [6.07, 6.45) is 1.81. The van der Waals surface area contributed by atoms with E-state index in [0.29, 0.717) is 32.1 Å². The lowest BCUT2D eigenvalue weighted by Crippen LogP contribution is -2.43. The van der Waals surface area contributed by atoms with Crippen LogP contribution in [-0.2, 0) is 4.79 Å². The fraction of sp³-hybridized carbons (Fsp3) is 0.955. The number of hydrogen-bond donors (Lipinski definition) is 5. The average molecular weight is 479 g/mol. The molecule has 10 heteroatoms. The predicted octanol–water partition coefficient (Wildman–Crippen LogP) is -0.300. The average Bonchev–Trinajstić information content (AvgIpc) is 2.76. The largest absolute Gasteiger partial charge is 0.355 e. The maximum Gasteiger partial charge on any atom is 0.223 e. The normalized spacial score (nSPS) is 13.0. The van der Waals surface area contributed by atoms with E-state index in [1.165, 1.54) is 0 Å². The predicted molar refractivity (Wildman–Crippen MR) is 137 cm³/mol. The van der Waals surface area contributed by atoms with E-state index in [1.807, 2.05) is 4.42 Å². The van der Waals surface area contributed by atoms with Crippen molar-refractivity contribution in [2.24, 2.45) is 29.0 Å². The highest BCUT2D eigenvalue weighted by molar-refractivity contribution is 6.13. The molecule has 0 saturated carbocycles. The van der Waals surface area contributed by atoms with Crippen molar-refractivity contribution in [1.29, 1.82) is 0 Å². The van der Waals surface area contributed by atoms with E-state index in [2.05, 4.69) is 41.2 Å². The highest BCUT2D eigenvalue weighted by Crippen LogP contribution is 2.15. The molecular formula is C22H51ClN8O. The van der Waals surface area contributed by atoms with E-state index < -0.39 is 0 Å². The second-order valence-corrected chi connectivity index (χ2v) is 9.21. The van der Waals surface area contributed by atoms with Gasteiger partial charge in [0.15, 0.2) is 0 Å². The van der Waals surface area contributed by atoms with E-state index in [0.717, 1.165) is 78.3 Å². The lowest BCUT2D eigenvalue weighted by molar-refractivity contribution is -0.125.